The predicted octanol–water partition coefficient (Wildman–Crippen LogP) is 3.09. The van der Waals surface area contributed by atoms with E-state index in [4.69, 9.17) is 0 Å². The number of aliphatic imine (C=N–C) groups is 1. The summed E-state index contributed by atoms with van der Waals surface area (Å²) in [6.45, 7) is 11.3. The first-order valence-electron chi connectivity index (χ1n) is 10.7. The molecule has 1 saturated heterocycles. The molecule has 28 heavy (non-hydrogen) atoms. The van der Waals surface area contributed by atoms with E-state index in [0.717, 1.165) is 32.0 Å². The third-order valence-corrected chi connectivity index (χ3v) is 5.98. The quantitative estimate of drug-likeness (QED) is 0.273. The van der Waals surface area contributed by atoms with Gasteiger partial charge in [-0.3, -0.25) is 9.89 Å². The van der Waals surface area contributed by atoms with Gasteiger partial charge >= 0.3 is 0 Å². The number of hydrogen-bond acceptors (Lipinski definition) is 3. The number of nitrogens with one attached hydrogen (secondary N) is 2. The largest absolute Gasteiger partial charge is 0.356 e. The van der Waals surface area contributed by atoms with Crippen molar-refractivity contribution in [3.8, 4) is 0 Å². The van der Waals surface area contributed by atoms with Gasteiger partial charge < -0.3 is 15.5 Å². The molecule has 5 nitrogen and oxygen atoms in total. The van der Waals surface area contributed by atoms with Crippen LogP contribution in [0.15, 0.2) is 29.3 Å². The molecule has 2 aliphatic heterocycles. The lowest BCUT2D eigenvalue weighted by atomic mass is 10.00. The van der Waals surface area contributed by atoms with Crippen LogP contribution >= 0.6 is 24.0 Å². The molecule has 158 valence electrons. The van der Waals surface area contributed by atoms with E-state index in [1.807, 2.05) is 7.05 Å². The number of nitrogens with zero attached hydrogens (tertiary/aromatic N) is 3. The summed E-state index contributed by atoms with van der Waals surface area (Å²) in [6.07, 6.45) is 4.73. The van der Waals surface area contributed by atoms with E-state index in [2.05, 4.69) is 63.5 Å². The average Bonchev–Trinajstić information content (AvgIpc) is 2.70. The van der Waals surface area contributed by atoms with E-state index in [1.54, 1.807) is 0 Å². The van der Waals surface area contributed by atoms with Crippen LogP contribution in [0.2, 0.25) is 0 Å². The maximum absolute atomic E-state index is 4.42. The molecule has 1 fully saturated rings. The second-order valence-corrected chi connectivity index (χ2v) is 8.20. The Morgan fingerprint density at radius 1 is 1.14 bits per heavy atom. The lowest BCUT2D eigenvalue weighted by Gasteiger charge is -2.35. The number of rotatable bonds is 6. The second kappa shape index (κ2) is 12.0. The van der Waals surface area contributed by atoms with Gasteiger partial charge in [0.25, 0.3) is 0 Å². The maximum Gasteiger partial charge on any atom is 0.191 e. The molecule has 0 bridgehead atoms. The smallest absolute Gasteiger partial charge is 0.191 e. The molecule has 1 aromatic rings. The molecule has 1 aromatic carbocycles. The lowest BCUT2D eigenvalue weighted by molar-refractivity contribution is 0.167. The van der Waals surface area contributed by atoms with E-state index in [0.29, 0.717) is 12.1 Å². The van der Waals surface area contributed by atoms with E-state index in [9.17, 15) is 0 Å². The molecule has 2 heterocycles. The van der Waals surface area contributed by atoms with Gasteiger partial charge in [-0.2, -0.15) is 0 Å². The normalized spacial score (nSPS) is 19.2. The Hall–Kier alpha value is -0.860. The molecule has 6 heteroatoms. The summed E-state index contributed by atoms with van der Waals surface area (Å²) in [6, 6.07) is 10.1. The highest BCUT2D eigenvalue weighted by Gasteiger charge is 2.21. The second-order valence-electron chi connectivity index (χ2n) is 8.20. The third kappa shape index (κ3) is 6.88. The third-order valence-electron chi connectivity index (χ3n) is 5.98. The van der Waals surface area contributed by atoms with Gasteiger partial charge in [-0.1, -0.05) is 24.3 Å². The molecule has 0 aromatic heterocycles. The molecule has 0 amide bonds. The Morgan fingerprint density at radius 3 is 2.54 bits per heavy atom. The Bertz CT molecular complexity index is 611. The Balaban J connectivity index is 0.00000280. The number of benzene rings is 1. The fourth-order valence-electron chi connectivity index (χ4n) is 4.20. The van der Waals surface area contributed by atoms with E-state index < -0.39 is 0 Å². The van der Waals surface area contributed by atoms with Crippen LogP contribution in [-0.4, -0.2) is 67.6 Å². The maximum atomic E-state index is 4.42. The van der Waals surface area contributed by atoms with Crippen molar-refractivity contribution in [2.75, 3.05) is 39.8 Å². The number of halogens is 1. The molecule has 3 rings (SSSR count). The summed E-state index contributed by atoms with van der Waals surface area (Å²) < 4.78 is 0. The standard InChI is InChI=1S/C22H37N5.HI/c1-18(2)27-15-10-21(11-16-27)25-22(23-3)24-12-6-13-26-14-9-19-7-4-5-8-20(19)17-26;/h4-5,7-8,18,21H,6,9-17H2,1-3H3,(H2,23,24,25);1H. The van der Waals surface area contributed by atoms with E-state index in [-0.39, 0.29) is 24.0 Å². The Labute approximate surface area is 188 Å². The zero-order chi connectivity index (χ0) is 19.1. The van der Waals surface area contributed by atoms with Crippen molar-refractivity contribution in [2.24, 2.45) is 4.99 Å². The fourth-order valence-corrected chi connectivity index (χ4v) is 4.20. The van der Waals surface area contributed by atoms with E-state index >= 15 is 0 Å². The van der Waals surface area contributed by atoms with Crippen molar-refractivity contribution in [1.82, 2.24) is 20.4 Å². The van der Waals surface area contributed by atoms with Crippen molar-refractivity contribution >= 4 is 29.9 Å². The molecular formula is C22H38IN5. The van der Waals surface area contributed by atoms with Crippen molar-refractivity contribution in [3.05, 3.63) is 35.4 Å². The summed E-state index contributed by atoms with van der Waals surface area (Å²) in [5.41, 5.74) is 3.03. The van der Waals surface area contributed by atoms with E-state index in [1.165, 1.54) is 50.0 Å². The van der Waals surface area contributed by atoms with Crippen molar-refractivity contribution in [1.29, 1.82) is 0 Å². The fraction of sp³-hybridized carbons (Fsp3) is 0.682. The van der Waals surface area contributed by atoms with Crippen molar-refractivity contribution in [2.45, 2.75) is 58.2 Å². The van der Waals surface area contributed by atoms with Gasteiger partial charge in [-0.05, 0) is 50.7 Å². The van der Waals surface area contributed by atoms with Gasteiger partial charge in [0.2, 0.25) is 0 Å². The minimum Gasteiger partial charge on any atom is -0.356 e. The van der Waals surface area contributed by atoms with Gasteiger partial charge in [-0.25, -0.2) is 0 Å². The summed E-state index contributed by atoms with van der Waals surface area (Å²) in [5.74, 6) is 0.960. The van der Waals surface area contributed by atoms with Gasteiger partial charge in [0, 0.05) is 58.4 Å². The molecule has 0 unspecified atom stereocenters. The van der Waals surface area contributed by atoms with Crippen LogP contribution in [0, 0.1) is 0 Å². The SMILES string of the molecule is CN=C(NCCCN1CCc2ccccc2C1)NC1CCN(C(C)C)CC1.I. The first-order valence-corrected chi connectivity index (χ1v) is 10.7. The highest BCUT2D eigenvalue weighted by Crippen LogP contribution is 2.18. The number of fused-ring (bicyclic) bond motifs is 1. The number of guanidine groups is 1. The van der Waals surface area contributed by atoms with Crippen molar-refractivity contribution in [3.63, 3.8) is 0 Å². The number of piperidine rings is 1. The average molecular weight is 499 g/mol. The van der Waals surface area contributed by atoms with Crippen LogP contribution in [0.1, 0.15) is 44.2 Å². The molecule has 0 atom stereocenters. The highest BCUT2D eigenvalue weighted by molar-refractivity contribution is 14.0. The van der Waals surface area contributed by atoms with Crippen LogP contribution < -0.4 is 10.6 Å². The number of likely N-dealkylation sites (tertiary alicyclic amines) is 1. The van der Waals surface area contributed by atoms with Crippen LogP contribution in [0.5, 0.6) is 0 Å². The van der Waals surface area contributed by atoms with Crippen molar-refractivity contribution < 1.29 is 0 Å². The molecule has 0 radical (unpaired) electrons. The molecule has 0 aliphatic carbocycles. The summed E-state index contributed by atoms with van der Waals surface area (Å²) in [4.78, 5) is 9.55. The molecular weight excluding hydrogens is 461 g/mol. The van der Waals surface area contributed by atoms with Gasteiger partial charge in [0.05, 0.1) is 0 Å². The first kappa shape index (κ1) is 23.4. The molecule has 0 saturated carbocycles. The lowest BCUT2D eigenvalue weighted by Crippen LogP contribution is -2.50. The molecule has 2 N–H and O–H groups in total. The zero-order valence-electron chi connectivity index (χ0n) is 17.8. The van der Waals surface area contributed by atoms with Crippen LogP contribution in [0.25, 0.3) is 0 Å². The Kier molecular flexibility index (Phi) is 10.0. The minimum atomic E-state index is 0. The topological polar surface area (TPSA) is 42.9 Å². The zero-order valence-corrected chi connectivity index (χ0v) is 20.1. The summed E-state index contributed by atoms with van der Waals surface area (Å²) in [7, 11) is 1.88. The summed E-state index contributed by atoms with van der Waals surface area (Å²) in [5, 5.41) is 7.12. The van der Waals surface area contributed by atoms with Gasteiger partial charge in [-0.15, -0.1) is 24.0 Å². The molecule has 0 spiro atoms. The monoisotopic (exact) mass is 499 g/mol. The minimum absolute atomic E-state index is 0. The van der Waals surface area contributed by atoms with Gasteiger partial charge in [0.1, 0.15) is 0 Å². The highest BCUT2D eigenvalue weighted by atomic mass is 127. The predicted molar refractivity (Wildman–Crippen MR) is 130 cm³/mol. The molecule has 2 aliphatic rings. The van der Waals surface area contributed by atoms with Crippen LogP contribution in [0.4, 0.5) is 0 Å². The number of hydrogen-bond donors (Lipinski definition) is 2. The first-order chi connectivity index (χ1) is 13.2. The van der Waals surface area contributed by atoms with Gasteiger partial charge in [0.15, 0.2) is 5.96 Å². The Morgan fingerprint density at radius 2 is 1.86 bits per heavy atom. The summed E-state index contributed by atoms with van der Waals surface area (Å²) >= 11 is 0. The van der Waals surface area contributed by atoms with Crippen LogP contribution in [0.3, 0.4) is 0 Å². The van der Waals surface area contributed by atoms with Crippen LogP contribution in [-0.2, 0) is 13.0 Å².